The first kappa shape index (κ1) is 21.3. The monoisotopic (exact) mass is 407 g/mol. The molecule has 0 bridgehead atoms. The van der Waals surface area contributed by atoms with Gasteiger partial charge in [0.1, 0.15) is 5.69 Å². The first-order valence-corrected chi connectivity index (χ1v) is 10.2. The lowest BCUT2D eigenvalue weighted by Crippen LogP contribution is -2.28. The molecule has 2 N–H and O–H groups in total. The van der Waals surface area contributed by atoms with Crippen LogP contribution in [0.5, 0.6) is 0 Å². The molecule has 150 valence electrons. The van der Waals surface area contributed by atoms with Crippen LogP contribution in [0.4, 0.5) is 11.4 Å². The van der Waals surface area contributed by atoms with Gasteiger partial charge in [0.25, 0.3) is 11.6 Å². The highest BCUT2D eigenvalue weighted by Gasteiger charge is 2.18. The van der Waals surface area contributed by atoms with Crippen LogP contribution < -0.4 is 10.6 Å². The Hall–Kier alpha value is -2.98. The third-order valence-electron chi connectivity index (χ3n) is 3.82. The highest BCUT2D eigenvalue weighted by atomic mass is 32.2. The van der Waals surface area contributed by atoms with Crippen LogP contribution in [0.3, 0.4) is 0 Å². The molecule has 0 fully saturated rings. The lowest BCUT2D eigenvalue weighted by Gasteiger charge is -2.10. The lowest BCUT2D eigenvalue weighted by molar-refractivity contribution is -0.384. The van der Waals surface area contributed by atoms with E-state index in [1.165, 1.54) is 12.1 Å². The summed E-state index contributed by atoms with van der Waals surface area (Å²) in [5.74, 6) is -0.276. The normalized spacial score (nSPS) is 11.1. The van der Waals surface area contributed by atoms with Crippen LogP contribution >= 0.6 is 0 Å². The average Bonchev–Trinajstić information content (AvgIpc) is 2.64. The van der Waals surface area contributed by atoms with Crippen molar-refractivity contribution < 1.29 is 22.9 Å². The van der Waals surface area contributed by atoms with E-state index in [-0.39, 0.29) is 35.3 Å². The number of carbonyl (C=O) groups excluding carboxylic acids is 1. The molecule has 10 heteroatoms. The molecule has 0 atom stereocenters. The molecule has 1 amide bonds. The van der Waals surface area contributed by atoms with E-state index in [2.05, 4.69) is 10.6 Å². The second-order valence-electron chi connectivity index (χ2n) is 6.02. The predicted molar refractivity (Wildman–Crippen MR) is 104 cm³/mol. The van der Waals surface area contributed by atoms with Crippen molar-refractivity contribution in [3.05, 3.63) is 63.7 Å². The zero-order valence-corrected chi connectivity index (χ0v) is 16.3. The van der Waals surface area contributed by atoms with Gasteiger partial charge in [-0.3, -0.25) is 14.9 Å². The number of sulfone groups is 1. The number of hydrogen-bond acceptors (Lipinski definition) is 7. The largest absolute Gasteiger partial charge is 0.380 e. The minimum atomic E-state index is -3.55. The minimum Gasteiger partial charge on any atom is -0.380 e. The van der Waals surface area contributed by atoms with Gasteiger partial charge < -0.3 is 15.4 Å². The van der Waals surface area contributed by atoms with Crippen molar-refractivity contribution in [2.45, 2.75) is 11.5 Å². The van der Waals surface area contributed by atoms with E-state index < -0.39 is 14.8 Å². The van der Waals surface area contributed by atoms with Gasteiger partial charge in [0.2, 0.25) is 0 Å². The van der Waals surface area contributed by atoms with E-state index in [1.54, 1.807) is 25.3 Å². The molecule has 28 heavy (non-hydrogen) atoms. The van der Waals surface area contributed by atoms with Gasteiger partial charge in [-0.15, -0.1) is 0 Å². The van der Waals surface area contributed by atoms with E-state index in [0.717, 1.165) is 17.9 Å². The summed E-state index contributed by atoms with van der Waals surface area (Å²) in [7, 11) is -1.98. The number of nitro benzene ring substituents is 1. The maximum absolute atomic E-state index is 12.2. The van der Waals surface area contributed by atoms with Crippen LogP contribution in [0.15, 0.2) is 47.4 Å². The molecule has 9 nitrogen and oxygen atoms in total. The van der Waals surface area contributed by atoms with Crippen molar-refractivity contribution in [3.63, 3.8) is 0 Å². The summed E-state index contributed by atoms with van der Waals surface area (Å²) >= 11 is 0. The summed E-state index contributed by atoms with van der Waals surface area (Å²) < 4.78 is 28.1. The standard InChI is InChI=1S/C18H21N3O6S/c1-27-12-13-4-3-5-14(10-13)18(22)20-9-8-19-16-7-6-15(28(2,25)26)11-17(16)21(23)24/h3-7,10-11,19H,8-9,12H2,1-2H3,(H,20,22). The average molecular weight is 407 g/mol. The molecule has 0 aliphatic carbocycles. The number of benzene rings is 2. The Labute approximate surface area is 162 Å². The Morgan fingerprint density at radius 1 is 1.18 bits per heavy atom. The van der Waals surface area contributed by atoms with Crippen molar-refractivity contribution in [1.29, 1.82) is 0 Å². The molecule has 2 aromatic carbocycles. The molecule has 0 saturated heterocycles. The Balaban J connectivity index is 1.97. The molecule has 0 saturated carbocycles. The fourth-order valence-corrected chi connectivity index (χ4v) is 3.13. The number of anilines is 1. The maximum Gasteiger partial charge on any atom is 0.293 e. The summed E-state index contributed by atoms with van der Waals surface area (Å²) in [4.78, 5) is 22.6. The predicted octanol–water partition coefficient (Wildman–Crippen LogP) is 1.99. The number of nitro groups is 1. The van der Waals surface area contributed by atoms with Crippen LogP contribution in [-0.4, -0.2) is 45.7 Å². The third-order valence-corrected chi connectivity index (χ3v) is 4.93. The molecular formula is C18H21N3O6S. The Morgan fingerprint density at radius 3 is 2.57 bits per heavy atom. The summed E-state index contributed by atoms with van der Waals surface area (Å²) in [6, 6.07) is 10.7. The highest BCUT2D eigenvalue weighted by molar-refractivity contribution is 7.90. The van der Waals surface area contributed by atoms with Gasteiger partial charge in [-0.05, 0) is 29.8 Å². The summed E-state index contributed by atoms with van der Waals surface area (Å²) in [5.41, 5.74) is 1.18. The van der Waals surface area contributed by atoms with Crippen LogP contribution in [0.25, 0.3) is 0 Å². The molecule has 0 aliphatic rings. The molecule has 0 aliphatic heterocycles. The van der Waals surface area contributed by atoms with Crippen LogP contribution in [-0.2, 0) is 21.2 Å². The van der Waals surface area contributed by atoms with Gasteiger partial charge in [-0.2, -0.15) is 0 Å². The zero-order valence-electron chi connectivity index (χ0n) is 15.5. The van der Waals surface area contributed by atoms with E-state index >= 15 is 0 Å². The van der Waals surface area contributed by atoms with Gasteiger partial charge in [0.05, 0.1) is 16.4 Å². The molecule has 2 rings (SSSR count). The smallest absolute Gasteiger partial charge is 0.293 e. The van der Waals surface area contributed by atoms with Crippen molar-refractivity contribution in [2.75, 3.05) is 31.8 Å². The van der Waals surface area contributed by atoms with Crippen molar-refractivity contribution >= 4 is 27.1 Å². The van der Waals surface area contributed by atoms with Gasteiger partial charge in [0.15, 0.2) is 9.84 Å². The molecule has 0 aromatic heterocycles. The number of methoxy groups -OCH3 is 1. The van der Waals surface area contributed by atoms with Crippen molar-refractivity contribution in [1.82, 2.24) is 5.32 Å². The summed E-state index contributed by atoms with van der Waals surface area (Å²) in [5, 5.41) is 16.8. The van der Waals surface area contributed by atoms with Crippen molar-refractivity contribution in [2.24, 2.45) is 0 Å². The zero-order chi connectivity index (χ0) is 20.7. The third kappa shape index (κ3) is 5.76. The minimum absolute atomic E-state index is 0.131. The van der Waals surface area contributed by atoms with E-state index in [1.807, 2.05) is 6.07 Å². The fraction of sp³-hybridized carbons (Fsp3) is 0.278. The summed E-state index contributed by atoms with van der Waals surface area (Å²) in [6.07, 6.45) is 0.982. The molecule has 2 aromatic rings. The number of nitrogens with zero attached hydrogens (tertiary/aromatic N) is 1. The maximum atomic E-state index is 12.2. The first-order valence-electron chi connectivity index (χ1n) is 8.31. The molecule has 0 unspecified atom stereocenters. The van der Waals surface area contributed by atoms with Gasteiger partial charge in [-0.25, -0.2) is 8.42 Å². The van der Waals surface area contributed by atoms with E-state index in [9.17, 15) is 23.3 Å². The topological polar surface area (TPSA) is 128 Å². The van der Waals surface area contributed by atoms with Crippen LogP contribution in [0, 0.1) is 10.1 Å². The number of amides is 1. The number of rotatable bonds is 9. The quantitative estimate of drug-likeness (QED) is 0.369. The Bertz CT molecular complexity index is 975. The SMILES string of the molecule is COCc1cccc(C(=O)NCCNc2ccc(S(C)(=O)=O)cc2[N+](=O)[O-])c1. The molecule has 0 heterocycles. The van der Waals surface area contributed by atoms with E-state index in [0.29, 0.717) is 12.2 Å². The van der Waals surface area contributed by atoms with E-state index in [4.69, 9.17) is 4.74 Å². The molecule has 0 spiro atoms. The molecular weight excluding hydrogens is 386 g/mol. The van der Waals surface area contributed by atoms with Crippen LogP contribution in [0.1, 0.15) is 15.9 Å². The van der Waals surface area contributed by atoms with Gasteiger partial charge in [0, 0.05) is 38.1 Å². The van der Waals surface area contributed by atoms with Crippen molar-refractivity contribution in [3.8, 4) is 0 Å². The number of nitrogens with one attached hydrogen (secondary N) is 2. The van der Waals surface area contributed by atoms with Gasteiger partial charge in [-0.1, -0.05) is 12.1 Å². The second kappa shape index (κ2) is 9.29. The second-order valence-corrected chi connectivity index (χ2v) is 8.04. The molecule has 0 radical (unpaired) electrons. The first-order chi connectivity index (χ1) is 13.2. The lowest BCUT2D eigenvalue weighted by atomic mass is 10.1. The fourth-order valence-electron chi connectivity index (χ4n) is 2.49. The van der Waals surface area contributed by atoms with Gasteiger partial charge >= 0.3 is 0 Å². The number of ether oxygens (including phenoxy) is 1. The summed E-state index contributed by atoms with van der Waals surface area (Å²) in [6.45, 7) is 0.844. The van der Waals surface area contributed by atoms with Crippen LogP contribution in [0.2, 0.25) is 0 Å². The number of carbonyl (C=O) groups is 1. The highest BCUT2D eigenvalue weighted by Crippen LogP contribution is 2.27. The number of hydrogen-bond donors (Lipinski definition) is 2. The Kier molecular flexibility index (Phi) is 7.07. The Morgan fingerprint density at radius 2 is 1.93 bits per heavy atom.